The molecule has 19 heavy (non-hydrogen) atoms. The third kappa shape index (κ3) is 3.39. The number of nitrogens with two attached hydrogens (primary N) is 1. The zero-order valence-electron chi connectivity index (χ0n) is 10.9. The summed E-state index contributed by atoms with van der Waals surface area (Å²) in [6.07, 6.45) is 0. The van der Waals surface area contributed by atoms with E-state index < -0.39 is 0 Å². The molecule has 0 aliphatic heterocycles. The van der Waals surface area contributed by atoms with Gasteiger partial charge < -0.3 is 20.9 Å². The molecule has 0 spiro atoms. The largest absolute Gasteiger partial charge is 0.508 e. The van der Waals surface area contributed by atoms with Crippen molar-refractivity contribution in [3.63, 3.8) is 0 Å². The van der Waals surface area contributed by atoms with Gasteiger partial charge in [-0.25, -0.2) is 0 Å². The minimum absolute atomic E-state index is 0.239. The molecule has 0 aliphatic rings. The predicted molar refractivity (Wildman–Crippen MR) is 78.3 cm³/mol. The molecule has 2 rings (SSSR count). The second kappa shape index (κ2) is 6.11. The van der Waals surface area contributed by atoms with Gasteiger partial charge in [0.2, 0.25) is 0 Å². The van der Waals surface area contributed by atoms with E-state index in [9.17, 15) is 5.11 Å². The zero-order chi connectivity index (χ0) is 13.7. The van der Waals surface area contributed by atoms with Crippen molar-refractivity contribution in [2.24, 2.45) is 0 Å². The Morgan fingerprint density at radius 1 is 1.21 bits per heavy atom. The molecule has 0 fully saturated rings. The Hall–Kier alpha value is -2.20. The number of hydrogen-bond donors (Lipinski definition) is 3. The van der Waals surface area contributed by atoms with Crippen LogP contribution >= 0.6 is 0 Å². The molecule has 2 aromatic rings. The van der Waals surface area contributed by atoms with Crippen LogP contribution in [0.15, 0.2) is 42.5 Å². The fourth-order valence-electron chi connectivity index (χ4n) is 1.92. The van der Waals surface area contributed by atoms with Crippen molar-refractivity contribution in [3.8, 4) is 16.9 Å². The maximum atomic E-state index is 9.58. The lowest BCUT2D eigenvalue weighted by atomic mass is 10.0. The van der Waals surface area contributed by atoms with Crippen molar-refractivity contribution >= 4 is 11.4 Å². The molecule has 4 nitrogen and oxygen atoms in total. The lowest BCUT2D eigenvalue weighted by Gasteiger charge is -2.13. The third-order valence-electron chi connectivity index (χ3n) is 2.82. The van der Waals surface area contributed by atoms with Gasteiger partial charge in [0.1, 0.15) is 5.75 Å². The summed E-state index contributed by atoms with van der Waals surface area (Å²) in [6, 6.07) is 12.8. The standard InChI is InChI=1S/C15H18N2O2/c1-19-8-7-17-15-6-5-12(16)10-14(15)11-3-2-4-13(18)9-11/h2-6,9-10,17-18H,7-8,16H2,1H3. The van der Waals surface area contributed by atoms with Crippen LogP contribution in [0.2, 0.25) is 0 Å². The van der Waals surface area contributed by atoms with Gasteiger partial charge in [-0.05, 0) is 35.9 Å². The van der Waals surface area contributed by atoms with Gasteiger partial charge in [-0.1, -0.05) is 12.1 Å². The number of nitrogens with one attached hydrogen (secondary N) is 1. The van der Waals surface area contributed by atoms with Gasteiger partial charge in [0.05, 0.1) is 6.61 Å². The Kier molecular flexibility index (Phi) is 4.26. The third-order valence-corrected chi connectivity index (χ3v) is 2.82. The zero-order valence-corrected chi connectivity index (χ0v) is 10.9. The van der Waals surface area contributed by atoms with Crippen LogP contribution in [0.4, 0.5) is 11.4 Å². The van der Waals surface area contributed by atoms with Crippen LogP contribution < -0.4 is 11.1 Å². The van der Waals surface area contributed by atoms with Crippen molar-refractivity contribution in [2.75, 3.05) is 31.3 Å². The summed E-state index contributed by atoms with van der Waals surface area (Å²) in [4.78, 5) is 0. The number of benzene rings is 2. The minimum atomic E-state index is 0.239. The molecule has 0 unspecified atom stereocenters. The van der Waals surface area contributed by atoms with E-state index in [1.54, 1.807) is 19.2 Å². The minimum Gasteiger partial charge on any atom is -0.508 e. The summed E-state index contributed by atoms with van der Waals surface area (Å²) in [7, 11) is 1.67. The monoisotopic (exact) mass is 258 g/mol. The fourth-order valence-corrected chi connectivity index (χ4v) is 1.92. The first kappa shape index (κ1) is 13.2. The highest BCUT2D eigenvalue weighted by atomic mass is 16.5. The molecule has 100 valence electrons. The smallest absolute Gasteiger partial charge is 0.116 e. The number of phenolic OH excluding ortho intramolecular Hbond substituents is 1. The highest BCUT2D eigenvalue weighted by Gasteiger charge is 2.06. The van der Waals surface area contributed by atoms with E-state index in [2.05, 4.69) is 5.32 Å². The van der Waals surface area contributed by atoms with Gasteiger partial charge >= 0.3 is 0 Å². The molecule has 4 N–H and O–H groups in total. The number of methoxy groups -OCH3 is 1. The highest BCUT2D eigenvalue weighted by molar-refractivity contribution is 5.81. The van der Waals surface area contributed by atoms with Crippen LogP contribution in [-0.2, 0) is 4.74 Å². The van der Waals surface area contributed by atoms with Crippen LogP contribution in [0.5, 0.6) is 5.75 Å². The van der Waals surface area contributed by atoms with Crippen molar-refractivity contribution < 1.29 is 9.84 Å². The molecular weight excluding hydrogens is 240 g/mol. The Balaban J connectivity index is 2.34. The summed E-state index contributed by atoms with van der Waals surface area (Å²) in [5.74, 6) is 0.239. The van der Waals surface area contributed by atoms with E-state index in [1.807, 2.05) is 30.3 Å². The molecule has 0 aliphatic carbocycles. The normalized spacial score (nSPS) is 10.4. The van der Waals surface area contributed by atoms with Gasteiger partial charge in [-0.2, -0.15) is 0 Å². The van der Waals surface area contributed by atoms with E-state index >= 15 is 0 Å². The molecule has 4 heteroatoms. The molecule has 0 aromatic heterocycles. The molecule has 0 bridgehead atoms. The van der Waals surface area contributed by atoms with Crippen molar-refractivity contribution in [3.05, 3.63) is 42.5 Å². The van der Waals surface area contributed by atoms with E-state index in [0.29, 0.717) is 18.8 Å². The van der Waals surface area contributed by atoms with Crippen LogP contribution in [0.1, 0.15) is 0 Å². The summed E-state index contributed by atoms with van der Waals surface area (Å²) < 4.78 is 5.02. The Labute approximate surface area is 112 Å². The number of aromatic hydroxyl groups is 1. The molecule has 0 radical (unpaired) electrons. The summed E-state index contributed by atoms with van der Waals surface area (Å²) in [5, 5.41) is 12.9. The SMILES string of the molecule is COCCNc1ccc(N)cc1-c1cccc(O)c1. The van der Waals surface area contributed by atoms with Crippen LogP contribution in [0.3, 0.4) is 0 Å². The predicted octanol–water partition coefficient (Wildman–Crippen LogP) is 2.70. The molecule has 0 saturated heterocycles. The number of anilines is 2. The van der Waals surface area contributed by atoms with Crippen LogP contribution in [0, 0.1) is 0 Å². The number of rotatable bonds is 5. The number of phenols is 1. The Bertz CT molecular complexity index is 556. The summed E-state index contributed by atoms with van der Waals surface area (Å²) in [5.41, 5.74) is 9.39. The quantitative estimate of drug-likeness (QED) is 0.570. The van der Waals surface area contributed by atoms with E-state index in [0.717, 1.165) is 16.8 Å². The molecule has 0 atom stereocenters. The number of nitrogen functional groups attached to an aromatic ring is 1. The highest BCUT2D eigenvalue weighted by Crippen LogP contribution is 2.31. The average Bonchev–Trinajstić information content (AvgIpc) is 2.40. The second-order valence-electron chi connectivity index (χ2n) is 4.27. The topological polar surface area (TPSA) is 67.5 Å². The van der Waals surface area contributed by atoms with Crippen molar-refractivity contribution in [1.82, 2.24) is 0 Å². The second-order valence-corrected chi connectivity index (χ2v) is 4.27. The van der Waals surface area contributed by atoms with E-state index in [1.165, 1.54) is 0 Å². The maximum absolute atomic E-state index is 9.58. The Morgan fingerprint density at radius 2 is 2.05 bits per heavy atom. The number of ether oxygens (including phenoxy) is 1. The van der Waals surface area contributed by atoms with Crippen molar-refractivity contribution in [1.29, 1.82) is 0 Å². The van der Waals surface area contributed by atoms with Gasteiger partial charge in [-0.3, -0.25) is 0 Å². The molecule has 0 saturated carbocycles. The first-order valence-corrected chi connectivity index (χ1v) is 6.12. The molecule has 0 heterocycles. The van der Waals surface area contributed by atoms with Gasteiger partial charge in [0.15, 0.2) is 0 Å². The van der Waals surface area contributed by atoms with Gasteiger partial charge in [-0.15, -0.1) is 0 Å². The van der Waals surface area contributed by atoms with E-state index in [4.69, 9.17) is 10.5 Å². The summed E-state index contributed by atoms with van der Waals surface area (Å²) in [6.45, 7) is 1.34. The molecule has 2 aromatic carbocycles. The van der Waals surface area contributed by atoms with Gasteiger partial charge in [0, 0.05) is 30.6 Å². The van der Waals surface area contributed by atoms with Crippen molar-refractivity contribution in [2.45, 2.75) is 0 Å². The van der Waals surface area contributed by atoms with E-state index in [-0.39, 0.29) is 5.75 Å². The number of hydrogen-bond acceptors (Lipinski definition) is 4. The first-order chi connectivity index (χ1) is 9.20. The molecule has 0 amide bonds. The maximum Gasteiger partial charge on any atom is 0.116 e. The lowest BCUT2D eigenvalue weighted by Crippen LogP contribution is -2.08. The average molecular weight is 258 g/mol. The lowest BCUT2D eigenvalue weighted by molar-refractivity contribution is 0.211. The van der Waals surface area contributed by atoms with Crippen LogP contribution in [0.25, 0.3) is 11.1 Å². The van der Waals surface area contributed by atoms with Crippen LogP contribution in [-0.4, -0.2) is 25.4 Å². The summed E-state index contributed by atoms with van der Waals surface area (Å²) >= 11 is 0. The first-order valence-electron chi connectivity index (χ1n) is 6.12. The van der Waals surface area contributed by atoms with Gasteiger partial charge in [0.25, 0.3) is 0 Å². The Morgan fingerprint density at radius 3 is 2.79 bits per heavy atom. The molecular formula is C15H18N2O2. The fraction of sp³-hybridized carbons (Fsp3) is 0.200.